The molecular formula is C28H28N6O. The Labute approximate surface area is 205 Å². The molecule has 0 spiro atoms. The van der Waals surface area contributed by atoms with Crippen LogP contribution in [0.5, 0.6) is 0 Å². The number of aryl methyl sites for hydroxylation is 2. The summed E-state index contributed by atoms with van der Waals surface area (Å²) < 4.78 is 1.90. The van der Waals surface area contributed by atoms with E-state index in [1.807, 2.05) is 73.3 Å². The average molecular weight is 465 g/mol. The van der Waals surface area contributed by atoms with Gasteiger partial charge < -0.3 is 10.6 Å². The van der Waals surface area contributed by atoms with Crippen LogP contribution in [0.3, 0.4) is 0 Å². The van der Waals surface area contributed by atoms with Gasteiger partial charge in [0.15, 0.2) is 0 Å². The van der Waals surface area contributed by atoms with Gasteiger partial charge >= 0.3 is 0 Å². The molecule has 0 saturated heterocycles. The summed E-state index contributed by atoms with van der Waals surface area (Å²) in [5, 5.41) is 20.8. The second kappa shape index (κ2) is 9.69. The molecule has 3 aromatic rings. The van der Waals surface area contributed by atoms with Crippen molar-refractivity contribution in [3.63, 3.8) is 0 Å². The molecule has 5 rings (SSSR count). The summed E-state index contributed by atoms with van der Waals surface area (Å²) in [6, 6.07) is 19.9. The molecule has 2 heterocycles. The molecule has 7 nitrogen and oxygen atoms in total. The molecule has 0 saturated carbocycles. The molecule has 0 fully saturated rings. The van der Waals surface area contributed by atoms with E-state index in [1.54, 1.807) is 0 Å². The van der Waals surface area contributed by atoms with E-state index in [1.165, 1.54) is 0 Å². The minimum absolute atomic E-state index is 0.0956. The quantitative estimate of drug-likeness (QED) is 0.546. The number of aromatic nitrogens is 2. The first-order valence-electron chi connectivity index (χ1n) is 11.9. The molecule has 1 aromatic heterocycles. The van der Waals surface area contributed by atoms with Crippen LogP contribution in [0.15, 0.2) is 71.2 Å². The number of amides is 1. The number of aliphatic imine (C=N–C) groups is 1. The van der Waals surface area contributed by atoms with E-state index in [0.29, 0.717) is 24.2 Å². The van der Waals surface area contributed by atoms with Crippen molar-refractivity contribution in [1.82, 2.24) is 15.1 Å². The van der Waals surface area contributed by atoms with Gasteiger partial charge in [-0.1, -0.05) is 42.5 Å². The van der Waals surface area contributed by atoms with Crippen LogP contribution in [0.2, 0.25) is 0 Å². The Hall–Kier alpha value is -4.02. The Morgan fingerprint density at radius 3 is 2.74 bits per heavy atom. The van der Waals surface area contributed by atoms with Gasteiger partial charge in [0.2, 0.25) is 0 Å². The molecule has 2 unspecified atom stereocenters. The predicted octanol–water partition coefficient (Wildman–Crippen LogP) is 4.44. The third-order valence-corrected chi connectivity index (χ3v) is 6.71. The zero-order chi connectivity index (χ0) is 24.4. The molecule has 1 aliphatic heterocycles. The third kappa shape index (κ3) is 4.53. The highest BCUT2D eigenvalue weighted by molar-refractivity contribution is 6.07. The van der Waals surface area contributed by atoms with Gasteiger partial charge in [0.25, 0.3) is 5.91 Å². The Bertz CT molecular complexity index is 1380. The monoisotopic (exact) mass is 464 g/mol. The maximum absolute atomic E-state index is 12.8. The molecule has 1 amide bonds. The number of allylic oxidation sites excluding steroid dienone is 2. The topological polar surface area (TPSA) is 95.1 Å². The normalized spacial score (nSPS) is 20.3. The summed E-state index contributed by atoms with van der Waals surface area (Å²) in [5.74, 6) is 0.0822. The largest absolute Gasteiger partial charge is 0.322 e. The van der Waals surface area contributed by atoms with E-state index >= 15 is 0 Å². The molecule has 35 heavy (non-hydrogen) atoms. The van der Waals surface area contributed by atoms with E-state index in [0.717, 1.165) is 46.8 Å². The fourth-order valence-corrected chi connectivity index (χ4v) is 5.08. The smallest absolute Gasteiger partial charge is 0.256 e. The van der Waals surface area contributed by atoms with Crippen molar-refractivity contribution in [2.45, 2.75) is 31.7 Å². The van der Waals surface area contributed by atoms with Gasteiger partial charge in [-0.2, -0.15) is 10.4 Å². The van der Waals surface area contributed by atoms with E-state index in [-0.39, 0.29) is 17.9 Å². The van der Waals surface area contributed by atoms with Crippen LogP contribution in [-0.2, 0) is 7.05 Å². The minimum Gasteiger partial charge on any atom is -0.322 e. The Kier molecular flexibility index (Phi) is 6.30. The van der Waals surface area contributed by atoms with Crippen molar-refractivity contribution in [2.24, 2.45) is 12.0 Å². The zero-order valence-corrected chi connectivity index (χ0v) is 20.0. The maximum atomic E-state index is 12.8. The van der Waals surface area contributed by atoms with Gasteiger partial charge in [-0.3, -0.25) is 14.5 Å². The summed E-state index contributed by atoms with van der Waals surface area (Å²) in [6.07, 6.45) is 3.71. The van der Waals surface area contributed by atoms with Crippen LogP contribution in [-0.4, -0.2) is 34.5 Å². The van der Waals surface area contributed by atoms with E-state index in [4.69, 9.17) is 4.99 Å². The van der Waals surface area contributed by atoms with Crippen LogP contribution >= 0.6 is 0 Å². The average Bonchev–Trinajstić information content (AvgIpc) is 3.16. The van der Waals surface area contributed by atoms with Gasteiger partial charge in [0.05, 0.1) is 29.6 Å². The van der Waals surface area contributed by atoms with Crippen molar-refractivity contribution in [3.8, 4) is 6.07 Å². The summed E-state index contributed by atoms with van der Waals surface area (Å²) in [5.41, 5.74) is 7.10. The fourth-order valence-electron chi connectivity index (χ4n) is 5.08. The van der Waals surface area contributed by atoms with Crippen LogP contribution in [0.25, 0.3) is 0 Å². The van der Waals surface area contributed by atoms with Gasteiger partial charge in [0, 0.05) is 36.5 Å². The van der Waals surface area contributed by atoms with Crippen molar-refractivity contribution in [3.05, 3.63) is 94.3 Å². The number of hydrogen-bond donors (Lipinski definition) is 2. The lowest BCUT2D eigenvalue weighted by Gasteiger charge is -2.21. The van der Waals surface area contributed by atoms with E-state index in [9.17, 15) is 10.1 Å². The van der Waals surface area contributed by atoms with Gasteiger partial charge in [-0.25, -0.2) is 0 Å². The first-order chi connectivity index (χ1) is 17.0. The predicted molar refractivity (Wildman–Crippen MR) is 137 cm³/mol. The van der Waals surface area contributed by atoms with Gasteiger partial charge in [0.1, 0.15) is 6.07 Å². The summed E-state index contributed by atoms with van der Waals surface area (Å²) in [4.78, 5) is 17.6. The number of nitriles is 1. The lowest BCUT2D eigenvalue weighted by atomic mass is 9.87. The SMILES string of the molecule is Cc1cc(C2C=C(C#N)C(=NCCNC3c4ccccc4NC(=O)c4ccccc43)CC2)n(C)n1. The molecule has 0 radical (unpaired) electrons. The number of benzene rings is 2. The summed E-state index contributed by atoms with van der Waals surface area (Å²) in [7, 11) is 1.95. The highest BCUT2D eigenvalue weighted by Crippen LogP contribution is 2.34. The lowest BCUT2D eigenvalue weighted by molar-refractivity contribution is 0.102. The van der Waals surface area contributed by atoms with Crippen molar-refractivity contribution in [1.29, 1.82) is 5.26 Å². The fraction of sp³-hybridized carbons (Fsp3) is 0.286. The summed E-state index contributed by atoms with van der Waals surface area (Å²) >= 11 is 0. The van der Waals surface area contributed by atoms with Crippen LogP contribution in [0.4, 0.5) is 5.69 Å². The van der Waals surface area contributed by atoms with Crippen LogP contribution < -0.4 is 10.6 Å². The van der Waals surface area contributed by atoms with E-state index in [2.05, 4.69) is 27.9 Å². The first-order valence-corrected chi connectivity index (χ1v) is 11.9. The minimum atomic E-state index is -0.128. The third-order valence-electron chi connectivity index (χ3n) is 6.71. The number of rotatable bonds is 5. The second-order valence-corrected chi connectivity index (χ2v) is 9.02. The molecule has 2 N–H and O–H groups in total. The van der Waals surface area contributed by atoms with Crippen molar-refractivity contribution >= 4 is 17.3 Å². The highest BCUT2D eigenvalue weighted by Gasteiger charge is 2.27. The number of anilines is 1. The van der Waals surface area contributed by atoms with Crippen LogP contribution in [0.1, 0.15) is 57.7 Å². The molecule has 1 aliphatic carbocycles. The molecule has 176 valence electrons. The number of nitrogens with zero attached hydrogens (tertiary/aromatic N) is 4. The molecule has 2 aliphatic rings. The van der Waals surface area contributed by atoms with Gasteiger partial charge in [-0.15, -0.1) is 0 Å². The van der Waals surface area contributed by atoms with Crippen molar-refractivity contribution < 1.29 is 4.79 Å². The van der Waals surface area contributed by atoms with Crippen molar-refractivity contribution in [2.75, 3.05) is 18.4 Å². The molecule has 7 heteroatoms. The number of carbonyl (C=O) groups is 1. The number of hydrogen-bond acceptors (Lipinski definition) is 5. The standard InChI is InChI=1S/C28H28N6O/c1-18-15-26(34(2)33-18)19-11-12-24(20(16-19)17-29)30-13-14-31-27-21-7-3-4-8-22(21)28(35)32-25-10-6-5-9-23(25)27/h3-10,15-16,19,27,31H,11-14H2,1-2H3,(H,32,35). The molecule has 2 aromatic carbocycles. The zero-order valence-electron chi connectivity index (χ0n) is 20.0. The molecular weight excluding hydrogens is 436 g/mol. The Morgan fingerprint density at radius 1 is 1.20 bits per heavy atom. The van der Waals surface area contributed by atoms with Crippen LogP contribution in [0, 0.1) is 18.3 Å². The number of carbonyl (C=O) groups excluding carboxylic acids is 1. The molecule has 0 bridgehead atoms. The first kappa shape index (κ1) is 22.8. The highest BCUT2D eigenvalue weighted by atomic mass is 16.1. The Morgan fingerprint density at radius 2 is 1.97 bits per heavy atom. The second-order valence-electron chi connectivity index (χ2n) is 9.02. The molecule has 2 atom stereocenters. The lowest BCUT2D eigenvalue weighted by Crippen LogP contribution is -2.26. The number of fused-ring (bicyclic) bond motifs is 2. The number of nitrogens with one attached hydrogen (secondary N) is 2. The Balaban J connectivity index is 1.32. The van der Waals surface area contributed by atoms with Gasteiger partial charge in [-0.05, 0) is 49.1 Å². The van der Waals surface area contributed by atoms with E-state index < -0.39 is 0 Å². The number of para-hydroxylation sites is 1. The summed E-state index contributed by atoms with van der Waals surface area (Å²) in [6.45, 7) is 3.15. The maximum Gasteiger partial charge on any atom is 0.256 e.